The van der Waals surface area contributed by atoms with Crippen LogP contribution in [0, 0.1) is 0 Å². The average molecular weight is 231 g/mol. The van der Waals surface area contributed by atoms with Crippen LogP contribution in [0.15, 0.2) is 0 Å². The van der Waals surface area contributed by atoms with Gasteiger partial charge in [0, 0.05) is 17.8 Å². The summed E-state index contributed by atoms with van der Waals surface area (Å²) in [5.41, 5.74) is 0. The molecule has 1 aliphatic rings. The number of carboxylic acid groups (broad SMARTS) is 1. The van der Waals surface area contributed by atoms with E-state index in [0.29, 0.717) is 12.1 Å². The lowest BCUT2D eigenvalue weighted by Gasteiger charge is -2.36. The SMILES string of the molecule is CCC(C)N(CC(=O)O)C1CCCSC1. The molecular formula is C11H21NO2S. The molecule has 0 aliphatic carbocycles. The maximum atomic E-state index is 10.8. The third kappa shape index (κ3) is 4.03. The normalized spacial score (nSPS) is 24.1. The highest BCUT2D eigenvalue weighted by Gasteiger charge is 2.26. The van der Waals surface area contributed by atoms with E-state index in [4.69, 9.17) is 5.11 Å². The molecule has 15 heavy (non-hydrogen) atoms. The molecule has 3 nitrogen and oxygen atoms in total. The van der Waals surface area contributed by atoms with Crippen molar-refractivity contribution in [3.05, 3.63) is 0 Å². The molecule has 0 bridgehead atoms. The van der Waals surface area contributed by atoms with Gasteiger partial charge in [0.1, 0.15) is 0 Å². The number of hydrogen-bond acceptors (Lipinski definition) is 3. The highest BCUT2D eigenvalue weighted by Crippen LogP contribution is 2.23. The van der Waals surface area contributed by atoms with Gasteiger partial charge in [0.2, 0.25) is 0 Å². The second-order valence-electron chi connectivity index (χ2n) is 4.19. The molecule has 2 atom stereocenters. The molecule has 1 saturated heterocycles. The zero-order valence-corrected chi connectivity index (χ0v) is 10.4. The van der Waals surface area contributed by atoms with Crippen LogP contribution in [0.25, 0.3) is 0 Å². The van der Waals surface area contributed by atoms with Crippen molar-refractivity contribution in [3.8, 4) is 0 Å². The van der Waals surface area contributed by atoms with Gasteiger partial charge >= 0.3 is 5.97 Å². The van der Waals surface area contributed by atoms with E-state index in [2.05, 4.69) is 18.7 Å². The van der Waals surface area contributed by atoms with Gasteiger partial charge in [-0.2, -0.15) is 11.8 Å². The van der Waals surface area contributed by atoms with Crippen molar-refractivity contribution < 1.29 is 9.90 Å². The Morgan fingerprint density at radius 2 is 2.40 bits per heavy atom. The Kier molecular flexibility index (Phi) is 5.47. The van der Waals surface area contributed by atoms with Crippen LogP contribution in [0.4, 0.5) is 0 Å². The van der Waals surface area contributed by atoms with Crippen molar-refractivity contribution in [2.75, 3.05) is 18.1 Å². The number of carbonyl (C=O) groups is 1. The lowest BCUT2D eigenvalue weighted by Crippen LogP contribution is -2.46. The fourth-order valence-corrected chi connectivity index (χ4v) is 3.19. The zero-order chi connectivity index (χ0) is 11.3. The van der Waals surface area contributed by atoms with Crippen molar-refractivity contribution in [1.29, 1.82) is 0 Å². The van der Waals surface area contributed by atoms with Gasteiger partial charge in [0.05, 0.1) is 6.54 Å². The summed E-state index contributed by atoms with van der Waals surface area (Å²) in [6, 6.07) is 0.847. The first-order valence-electron chi connectivity index (χ1n) is 5.70. The molecule has 4 heteroatoms. The summed E-state index contributed by atoms with van der Waals surface area (Å²) in [5, 5.41) is 8.91. The first-order chi connectivity index (χ1) is 7.15. The number of rotatable bonds is 5. The zero-order valence-electron chi connectivity index (χ0n) is 9.61. The number of hydrogen-bond donors (Lipinski definition) is 1. The van der Waals surface area contributed by atoms with E-state index in [1.807, 2.05) is 11.8 Å². The number of aliphatic carboxylic acids is 1. The van der Waals surface area contributed by atoms with Gasteiger partial charge in [-0.1, -0.05) is 6.92 Å². The average Bonchev–Trinajstić information content (AvgIpc) is 2.26. The van der Waals surface area contributed by atoms with Gasteiger partial charge in [0.25, 0.3) is 0 Å². The largest absolute Gasteiger partial charge is 0.480 e. The van der Waals surface area contributed by atoms with Gasteiger partial charge in [-0.25, -0.2) is 0 Å². The molecule has 1 heterocycles. The van der Waals surface area contributed by atoms with Crippen LogP contribution in [-0.4, -0.2) is 46.1 Å². The van der Waals surface area contributed by atoms with E-state index in [1.54, 1.807) is 0 Å². The Morgan fingerprint density at radius 1 is 1.67 bits per heavy atom. The summed E-state index contributed by atoms with van der Waals surface area (Å²) in [4.78, 5) is 13.0. The second-order valence-corrected chi connectivity index (χ2v) is 5.34. The lowest BCUT2D eigenvalue weighted by molar-refractivity contribution is -0.139. The van der Waals surface area contributed by atoms with Gasteiger partial charge < -0.3 is 5.11 Å². The van der Waals surface area contributed by atoms with Gasteiger partial charge in [-0.05, 0) is 31.9 Å². The van der Waals surface area contributed by atoms with Crippen LogP contribution in [0.5, 0.6) is 0 Å². The summed E-state index contributed by atoms with van der Waals surface area (Å²) in [6.45, 7) is 4.44. The predicted octanol–water partition coefficient (Wildman–Crippen LogP) is 2.07. The summed E-state index contributed by atoms with van der Waals surface area (Å²) in [5.74, 6) is 1.63. The van der Waals surface area contributed by atoms with Crippen LogP contribution in [0.1, 0.15) is 33.1 Å². The minimum Gasteiger partial charge on any atom is -0.480 e. The molecule has 0 spiro atoms. The van der Waals surface area contributed by atoms with Crippen LogP contribution in [0.3, 0.4) is 0 Å². The molecule has 0 amide bonds. The van der Waals surface area contributed by atoms with Crippen molar-refractivity contribution in [2.45, 2.75) is 45.2 Å². The minimum absolute atomic E-state index is 0.195. The first kappa shape index (κ1) is 12.8. The molecule has 1 N–H and O–H groups in total. The van der Waals surface area contributed by atoms with E-state index in [0.717, 1.165) is 18.6 Å². The Morgan fingerprint density at radius 3 is 2.87 bits per heavy atom. The molecule has 2 unspecified atom stereocenters. The van der Waals surface area contributed by atoms with Crippen LogP contribution < -0.4 is 0 Å². The van der Waals surface area contributed by atoms with Gasteiger partial charge in [-0.15, -0.1) is 0 Å². The summed E-state index contributed by atoms with van der Waals surface area (Å²) < 4.78 is 0. The van der Waals surface area contributed by atoms with E-state index in [9.17, 15) is 4.79 Å². The fraction of sp³-hybridized carbons (Fsp3) is 0.909. The molecule has 0 aromatic rings. The molecule has 0 aromatic carbocycles. The Bertz CT molecular complexity index is 205. The highest BCUT2D eigenvalue weighted by molar-refractivity contribution is 7.99. The fourth-order valence-electron chi connectivity index (χ4n) is 2.02. The van der Waals surface area contributed by atoms with Crippen molar-refractivity contribution in [3.63, 3.8) is 0 Å². The predicted molar refractivity (Wildman–Crippen MR) is 64.4 cm³/mol. The quantitative estimate of drug-likeness (QED) is 0.786. The Labute approximate surface area is 96.2 Å². The van der Waals surface area contributed by atoms with E-state index in [-0.39, 0.29) is 6.54 Å². The van der Waals surface area contributed by atoms with Crippen molar-refractivity contribution in [1.82, 2.24) is 4.90 Å². The second kappa shape index (κ2) is 6.38. The summed E-state index contributed by atoms with van der Waals surface area (Å²) in [7, 11) is 0. The van der Waals surface area contributed by atoms with E-state index < -0.39 is 5.97 Å². The number of carboxylic acids is 1. The summed E-state index contributed by atoms with van der Waals surface area (Å²) in [6.07, 6.45) is 3.40. The van der Waals surface area contributed by atoms with Crippen molar-refractivity contribution >= 4 is 17.7 Å². The molecule has 1 aliphatic heterocycles. The molecule has 0 saturated carbocycles. The van der Waals surface area contributed by atoms with E-state index in [1.165, 1.54) is 12.2 Å². The van der Waals surface area contributed by atoms with Crippen LogP contribution >= 0.6 is 11.8 Å². The van der Waals surface area contributed by atoms with E-state index >= 15 is 0 Å². The van der Waals surface area contributed by atoms with Crippen LogP contribution in [0.2, 0.25) is 0 Å². The Balaban J connectivity index is 2.56. The molecule has 0 aromatic heterocycles. The summed E-state index contributed by atoms with van der Waals surface area (Å²) >= 11 is 1.95. The smallest absolute Gasteiger partial charge is 0.317 e. The molecule has 88 valence electrons. The highest BCUT2D eigenvalue weighted by atomic mass is 32.2. The standard InChI is InChI=1S/C11H21NO2S/c1-3-9(2)12(7-11(13)14)10-5-4-6-15-8-10/h9-10H,3-8H2,1-2H3,(H,13,14). The molecule has 1 fully saturated rings. The minimum atomic E-state index is -0.703. The van der Waals surface area contributed by atoms with Crippen LogP contribution in [-0.2, 0) is 4.79 Å². The van der Waals surface area contributed by atoms with Crippen molar-refractivity contribution in [2.24, 2.45) is 0 Å². The monoisotopic (exact) mass is 231 g/mol. The lowest BCUT2D eigenvalue weighted by atomic mass is 10.1. The first-order valence-corrected chi connectivity index (χ1v) is 6.86. The molecule has 1 rings (SSSR count). The topological polar surface area (TPSA) is 40.5 Å². The number of nitrogens with zero attached hydrogens (tertiary/aromatic N) is 1. The molecular weight excluding hydrogens is 210 g/mol. The molecule has 0 radical (unpaired) electrons. The Hall–Kier alpha value is -0.220. The maximum Gasteiger partial charge on any atom is 0.317 e. The third-order valence-corrected chi connectivity index (χ3v) is 4.28. The number of thioether (sulfide) groups is 1. The maximum absolute atomic E-state index is 10.8. The third-order valence-electron chi connectivity index (χ3n) is 3.08. The van der Waals surface area contributed by atoms with Gasteiger partial charge in [0.15, 0.2) is 0 Å². The van der Waals surface area contributed by atoms with Gasteiger partial charge in [-0.3, -0.25) is 9.69 Å².